The van der Waals surface area contributed by atoms with E-state index in [1.165, 1.54) is 0 Å². The van der Waals surface area contributed by atoms with Crippen LogP contribution in [0.15, 0.2) is 54.6 Å². The fourth-order valence-electron chi connectivity index (χ4n) is 2.31. The molecule has 3 nitrogen and oxygen atoms in total. The molecule has 1 aliphatic rings. The molecular formula is C15H13NO2. The molecule has 1 heterocycles. The van der Waals surface area contributed by atoms with Crippen LogP contribution in [0.2, 0.25) is 0 Å². The highest BCUT2D eigenvalue weighted by molar-refractivity contribution is 6.06. The van der Waals surface area contributed by atoms with Gasteiger partial charge < -0.3 is 10.4 Å². The molecule has 0 fully saturated rings. The van der Waals surface area contributed by atoms with Crippen molar-refractivity contribution in [2.75, 3.05) is 5.32 Å². The van der Waals surface area contributed by atoms with E-state index >= 15 is 0 Å². The summed E-state index contributed by atoms with van der Waals surface area (Å²) in [5.74, 6) is -0.224. The molecule has 0 bridgehead atoms. The summed E-state index contributed by atoms with van der Waals surface area (Å²) in [7, 11) is 0. The molecule has 0 saturated heterocycles. The molecule has 0 radical (unpaired) electrons. The summed E-state index contributed by atoms with van der Waals surface area (Å²) in [6, 6.07) is 16.4. The molecule has 0 aliphatic carbocycles. The van der Waals surface area contributed by atoms with Gasteiger partial charge in [-0.3, -0.25) is 4.79 Å². The summed E-state index contributed by atoms with van der Waals surface area (Å²) >= 11 is 0. The van der Waals surface area contributed by atoms with Crippen LogP contribution in [-0.4, -0.2) is 17.0 Å². The normalized spacial score (nSPS) is 22.2. The van der Waals surface area contributed by atoms with Gasteiger partial charge in [-0.15, -0.1) is 0 Å². The lowest BCUT2D eigenvalue weighted by molar-refractivity contribution is 0.0695. The number of anilines is 1. The van der Waals surface area contributed by atoms with Crippen LogP contribution in [0.1, 0.15) is 22.0 Å². The van der Waals surface area contributed by atoms with Crippen LogP contribution in [0.4, 0.5) is 5.69 Å². The summed E-state index contributed by atoms with van der Waals surface area (Å²) < 4.78 is 0. The molecule has 0 aromatic heterocycles. The topological polar surface area (TPSA) is 49.3 Å². The van der Waals surface area contributed by atoms with Crippen LogP contribution in [0.25, 0.3) is 0 Å². The summed E-state index contributed by atoms with van der Waals surface area (Å²) in [5.41, 5.74) is 2.24. The number of nitrogens with one attached hydrogen (secondary N) is 1. The van der Waals surface area contributed by atoms with Gasteiger partial charge in [0.2, 0.25) is 0 Å². The Morgan fingerprint density at radius 3 is 2.39 bits per heavy atom. The lowest BCUT2D eigenvalue weighted by atomic mass is 9.90. The van der Waals surface area contributed by atoms with E-state index in [1.54, 1.807) is 12.1 Å². The maximum absolute atomic E-state index is 12.1. The molecular weight excluding hydrogens is 226 g/mol. The minimum atomic E-state index is -1.04. The van der Waals surface area contributed by atoms with E-state index in [1.807, 2.05) is 42.5 Å². The number of hydrogen-bond donors (Lipinski definition) is 2. The number of aliphatic hydroxyl groups excluding tert-OH is 1. The summed E-state index contributed by atoms with van der Waals surface area (Å²) in [4.78, 5) is 12.1. The molecule has 2 aromatic rings. The van der Waals surface area contributed by atoms with Gasteiger partial charge in [0.05, 0.1) is 6.04 Å². The average Bonchev–Trinajstić information content (AvgIpc) is 2.44. The third-order valence-corrected chi connectivity index (χ3v) is 3.25. The summed E-state index contributed by atoms with van der Waals surface area (Å²) in [6.45, 7) is 0. The first-order chi connectivity index (χ1) is 8.77. The molecule has 2 atom stereocenters. The Labute approximate surface area is 105 Å². The molecule has 18 heavy (non-hydrogen) atoms. The number of carbonyl (C=O) groups excluding carboxylic acids is 1. The smallest absolute Gasteiger partial charge is 0.195 e. The highest BCUT2D eigenvalue weighted by Crippen LogP contribution is 2.32. The van der Waals surface area contributed by atoms with Gasteiger partial charge in [-0.25, -0.2) is 0 Å². The molecule has 2 N–H and O–H groups in total. The average molecular weight is 239 g/mol. The van der Waals surface area contributed by atoms with Gasteiger partial charge in [-0.05, 0) is 17.7 Å². The largest absolute Gasteiger partial charge is 0.382 e. The van der Waals surface area contributed by atoms with E-state index in [-0.39, 0.29) is 11.8 Å². The second-order valence-corrected chi connectivity index (χ2v) is 4.39. The summed E-state index contributed by atoms with van der Waals surface area (Å²) in [6.07, 6.45) is -1.04. The van der Waals surface area contributed by atoms with Gasteiger partial charge in [0.1, 0.15) is 6.10 Å². The van der Waals surface area contributed by atoms with Crippen molar-refractivity contribution >= 4 is 11.5 Å². The monoisotopic (exact) mass is 239 g/mol. The van der Waals surface area contributed by atoms with E-state index in [2.05, 4.69) is 5.32 Å². The van der Waals surface area contributed by atoms with Gasteiger partial charge >= 0.3 is 0 Å². The standard InChI is InChI=1S/C15H13NO2/c17-14-11-8-4-5-9-12(11)16-13(15(14)18)10-6-2-1-3-7-10/h1-9,13,15-16,18H/t13-,15+/m1/s1. The Kier molecular flexibility index (Phi) is 2.61. The first kappa shape index (κ1) is 11.0. The number of aliphatic hydroxyl groups is 1. The van der Waals surface area contributed by atoms with Crippen LogP contribution in [0.3, 0.4) is 0 Å². The predicted molar refractivity (Wildman–Crippen MR) is 69.6 cm³/mol. The van der Waals surface area contributed by atoms with Gasteiger partial charge in [-0.1, -0.05) is 42.5 Å². The van der Waals surface area contributed by atoms with Crippen LogP contribution in [0, 0.1) is 0 Å². The van der Waals surface area contributed by atoms with E-state index in [4.69, 9.17) is 0 Å². The van der Waals surface area contributed by atoms with Crippen molar-refractivity contribution in [2.45, 2.75) is 12.1 Å². The predicted octanol–water partition coefficient (Wildman–Crippen LogP) is 2.40. The molecule has 90 valence electrons. The molecule has 0 spiro atoms. The van der Waals surface area contributed by atoms with Crippen molar-refractivity contribution in [3.8, 4) is 0 Å². The number of fused-ring (bicyclic) bond motifs is 1. The van der Waals surface area contributed by atoms with Gasteiger partial charge in [0, 0.05) is 11.3 Å². The summed E-state index contributed by atoms with van der Waals surface area (Å²) in [5, 5.41) is 13.3. The SMILES string of the molecule is O=C1c2ccccc2N[C@H](c2ccccc2)[C@@H]1O. The first-order valence-corrected chi connectivity index (χ1v) is 5.90. The quantitative estimate of drug-likeness (QED) is 0.803. The van der Waals surface area contributed by atoms with E-state index < -0.39 is 6.10 Å². The van der Waals surface area contributed by atoms with Crippen LogP contribution < -0.4 is 5.32 Å². The van der Waals surface area contributed by atoms with E-state index in [0.29, 0.717) is 5.56 Å². The molecule has 2 aromatic carbocycles. The van der Waals surface area contributed by atoms with Gasteiger partial charge in [-0.2, -0.15) is 0 Å². The Morgan fingerprint density at radius 1 is 0.944 bits per heavy atom. The first-order valence-electron chi connectivity index (χ1n) is 5.90. The van der Waals surface area contributed by atoms with Crippen molar-refractivity contribution in [3.05, 3.63) is 65.7 Å². The lowest BCUT2D eigenvalue weighted by Gasteiger charge is -2.30. The third kappa shape index (κ3) is 1.69. The van der Waals surface area contributed by atoms with Crippen molar-refractivity contribution in [3.63, 3.8) is 0 Å². The fourth-order valence-corrected chi connectivity index (χ4v) is 2.31. The van der Waals surface area contributed by atoms with Crippen molar-refractivity contribution in [1.82, 2.24) is 0 Å². The Morgan fingerprint density at radius 2 is 1.61 bits per heavy atom. The van der Waals surface area contributed by atoms with Crippen LogP contribution >= 0.6 is 0 Å². The molecule has 1 aliphatic heterocycles. The minimum Gasteiger partial charge on any atom is -0.382 e. The highest BCUT2D eigenvalue weighted by atomic mass is 16.3. The number of hydrogen-bond acceptors (Lipinski definition) is 3. The van der Waals surface area contributed by atoms with Gasteiger partial charge in [0.25, 0.3) is 0 Å². The molecule has 3 rings (SSSR count). The third-order valence-electron chi connectivity index (χ3n) is 3.25. The zero-order valence-electron chi connectivity index (χ0n) is 9.71. The second-order valence-electron chi connectivity index (χ2n) is 4.39. The Bertz CT molecular complexity index is 580. The zero-order chi connectivity index (χ0) is 12.5. The fraction of sp³-hybridized carbons (Fsp3) is 0.133. The van der Waals surface area contributed by atoms with Crippen LogP contribution in [0.5, 0.6) is 0 Å². The molecule has 3 heteroatoms. The number of carbonyl (C=O) groups is 1. The second kappa shape index (κ2) is 4.27. The Balaban J connectivity index is 2.04. The van der Waals surface area contributed by atoms with Crippen molar-refractivity contribution in [2.24, 2.45) is 0 Å². The highest BCUT2D eigenvalue weighted by Gasteiger charge is 2.34. The number of para-hydroxylation sites is 1. The number of benzene rings is 2. The lowest BCUT2D eigenvalue weighted by Crippen LogP contribution is -2.37. The van der Waals surface area contributed by atoms with Crippen molar-refractivity contribution < 1.29 is 9.90 Å². The maximum Gasteiger partial charge on any atom is 0.195 e. The van der Waals surface area contributed by atoms with Crippen LogP contribution in [-0.2, 0) is 0 Å². The van der Waals surface area contributed by atoms with E-state index in [0.717, 1.165) is 11.3 Å². The molecule has 0 saturated carbocycles. The Hall–Kier alpha value is -2.13. The zero-order valence-corrected chi connectivity index (χ0v) is 9.71. The van der Waals surface area contributed by atoms with E-state index in [9.17, 15) is 9.90 Å². The minimum absolute atomic E-state index is 0.224. The molecule has 0 amide bonds. The van der Waals surface area contributed by atoms with Gasteiger partial charge in [0.15, 0.2) is 5.78 Å². The number of Topliss-reactive ketones (excluding diaryl/α,β-unsaturated/α-hetero) is 1. The maximum atomic E-state index is 12.1. The number of rotatable bonds is 1. The number of ketones is 1. The van der Waals surface area contributed by atoms with Crippen molar-refractivity contribution in [1.29, 1.82) is 0 Å². The molecule has 0 unspecified atom stereocenters.